The summed E-state index contributed by atoms with van der Waals surface area (Å²) in [5.74, 6) is 0.769. The standard InChI is InChI=1S/C16H34N2/c1-14(2)12-17-10-6-8-15(3)18-11-7-9-16(4,5)13-18/h14-15,17H,6-13H2,1-5H3. The van der Waals surface area contributed by atoms with Crippen LogP contribution in [0.25, 0.3) is 0 Å². The van der Waals surface area contributed by atoms with Crippen molar-refractivity contribution in [1.82, 2.24) is 10.2 Å². The van der Waals surface area contributed by atoms with Crippen molar-refractivity contribution < 1.29 is 0 Å². The van der Waals surface area contributed by atoms with Crippen LogP contribution in [-0.4, -0.2) is 37.1 Å². The third-order valence-corrected chi connectivity index (χ3v) is 4.08. The van der Waals surface area contributed by atoms with E-state index in [4.69, 9.17) is 0 Å². The van der Waals surface area contributed by atoms with Crippen molar-refractivity contribution in [2.45, 2.75) is 66.3 Å². The first-order chi connectivity index (χ1) is 8.41. The number of rotatable bonds is 7. The second-order valence-corrected chi connectivity index (χ2v) is 7.33. The summed E-state index contributed by atoms with van der Waals surface area (Å²) < 4.78 is 0. The van der Waals surface area contributed by atoms with Gasteiger partial charge in [-0.15, -0.1) is 0 Å². The molecule has 2 heteroatoms. The zero-order valence-electron chi connectivity index (χ0n) is 13.3. The van der Waals surface area contributed by atoms with E-state index in [9.17, 15) is 0 Å². The molecule has 0 saturated carbocycles. The van der Waals surface area contributed by atoms with E-state index in [0.29, 0.717) is 5.41 Å². The highest BCUT2D eigenvalue weighted by molar-refractivity contribution is 4.82. The predicted molar refractivity (Wildman–Crippen MR) is 81.0 cm³/mol. The van der Waals surface area contributed by atoms with Crippen LogP contribution in [0.1, 0.15) is 60.3 Å². The first kappa shape index (κ1) is 16.0. The second-order valence-electron chi connectivity index (χ2n) is 7.33. The van der Waals surface area contributed by atoms with Crippen LogP contribution in [0.3, 0.4) is 0 Å². The molecule has 1 atom stereocenters. The highest BCUT2D eigenvalue weighted by atomic mass is 15.2. The van der Waals surface area contributed by atoms with E-state index in [1.807, 2.05) is 0 Å². The fourth-order valence-corrected chi connectivity index (χ4v) is 2.94. The number of likely N-dealkylation sites (tertiary alicyclic amines) is 1. The van der Waals surface area contributed by atoms with Crippen molar-refractivity contribution in [1.29, 1.82) is 0 Å². The molecule has 0 spiro atoms. The summed E-state index contributed by atoms with van der Waals surface area (Å²) in [5, 5.41) is 3.54. The molecule has 0 aromatic carbocycles. The van der Waals surface area contributed by atoms with Gasteiger partial charge in [-0.1, -0.05) is 27.7 Å². The molecule has 1 fully saturated rings. The minimum atomic E-state index is 0.530. The van der Waals surface area contributed by atoms with Crippen LogP contribution in [0.15, 0.2) is 0 Å². The summed E-state index contributed by atoms with van der Waals surface area (Å²) >= 11 is 0. The Balaban J connectivity index is 2.14. The summed E-state index contributed by atoms with van der Waals surface area (Å²) in [6, 6.07) is 0.755. The van der Waals surface area contributed by atoms with E-state index in [-0.39, 0.29) is 0 Å². The Kier molecular flexibility index (Phi) is 6.65. The molecule has 1 heterocycles. The molecule has 0 radical (unpaired) electrons. The maximum Gasteiger partial charge on any atom is 0.00676 e. The fraction of sp³-hybridized carbons (Fsp3) is 1.00. The topological polar surface area (TPSA) is 15.3 Å². The van der Waals surface area contributed by atoms with Gasteiger partial charge in [0.1, 0.15) is 0 Å². The van der Waals surface area contributed by atoms with Crippen molar-refractivity contribution in [2.75, 3.05) is 26.2 Å². The summed E-state index contributed by atoms with van der Waals surface area (Å²) in [6.07, 6.45) is 5.42. The van der Waals surface area contributed by atoms with Crippen LogP contribution in [0, 0.1) is 11.3 Å². The molecule has 0 aromatic rings. The molecule has 1 saturated heterocycles. The average molecular weight is 254 g/mol. The minimum absolute atomic E-state index is 0.530. The summed E-state index contributed by atoms with van der Waals surface area (Å²) in [4.78, 5) is 2.70. The Labute approximate surface area is 115 Å². The van der Waals surface area contributed by atoms with E-state index in [0.717, 1.165) is 18.5 Å². The van der Waals surface area contributed by atoms with Crippen LogP contribution < -0.4 is 5.32 Å². The summed E-state index contributed by atoms with van der Waals surface area (Å²) in [5.41, 5.74) is 0.530. The molecule has 1 rings (SSSR count). The molecular formula is C16H34N2. The lowest BCUT2D eigenvalue weighted by atomic mass is 9.83. The van der Waals surface area contributed by atoms with E-state index in [1.54, 1.807) is 0 Å². The number of nitrogens with one attached hydrogen (secondary N) is 1. The molecule has 1 N–H and O–H groups in total. The number of nitrogens with zero attached hydrogens (tertiary/aromatic N) is 1. The van der Waals surface area contributed by atoms with E-state index >= 15 is 0 Å². The predicted octanol–water partition coefficient (Wildman–Crippen LogP) is 3.52. The monoisotopic (exact) mass is 254 g/mol. The van der Waals surface area contributed by atoms with Gasteiger partial charge in [-0.2, -0.15) is 0 Å². The third kappa shape index (κ3) is 6.19. The number of piperidine rings is 1. The molecule has 0 bridgehead atoms. The average Bonchev–Trinajstić information content (AvgIpc) is 2.26. The van der Waals surface area contributed by atoms with E-state index < -0.39 is 0 Å². The van der Waals surface area contributed by atoms with Gasteiger partial charge in [0, 0.05) is 12.6 Å². The fourth-order valence-electron chi connectivity index (χ4n) is 2.94. The zero-order valence-corrected chi connectivity index (χ0v) is 13.3. The Hall–Kier alpha value is -0.0800. The third-order valence-electron chi connectivity index (χ3n) is 4.08. The lowest BCUT2D eigenvalue weighted by molar-refractivity contribution is 0.0804. The number of hydrogen-bond acceptors (Lipinski definition) is 2. The first-order valence-electron chi connectivity index (χ1n) is 7.85. The van der Waals surface area contributed by atoms with Gasteiger partial charge in [0.25, 0.3) is 0 Å². The molecule has 1 aliphatic heterocycles. The molecule has 108 valence electrons. The largest absolute Gasteiger partial charge is 0.316 e. The van der Waals surface area contributed by atoms with Gasteiger partial charge in [-0.25, -0.2) is 0 Å². The summed E-state index contributed by atoms with van der Waals surface area (Å²) in [6.45, 7) is 16.7. The van der Waals surface area contributed by atoms with Crippen LogP contribution >= 0.6 is 0 Å². The Bertz CT molecular complexity index is 223. The molecule has 1 aliphatic rings. The van der Waals surface area contributed by atoms with Gasteiger partial charge < -0.3 is 10.2 Å². The van der Waals surface area contributed by atoms with Gasteiger partial charge in [-0.05, 0) is 63.6 Å². The van der Waals surface area contributed by atoms with Gasteiger partial charge in [0.05, 0.1) is 0 Å². The first-order valence-corrected chi connectivity index (χ1v) is 7.85. The zero-order chi connectivity index (χ0) is 13.6. The van der Waals surface area contributed by atoms with E-state index in [1.165, 1.54) is 45.3 Å². The molecule has 0 aromatic heterocycles. The highest BCUT2D eigenvalue weighted by Gasteiger charge is 2.28. The van der Waals surface area contributed by atoms with Gasteiger partial charge in [-0.3, -0.25) is 0 Å². The molecular weight excluding hydrogens is 220 g/mol. The highest BCUT2D eigenvalue weighted by Crippen LogP contribution is 2.29. The maximum absolute atomic E-state index is 3.54. The van der Waals surface area contributed by atoms with Crippen LogP contribution in [0.5, 0.6) is 0 Å². The molecule has 2 nitrogen and oxygen atoms in total. The maximum atomic E-state index is 3.54. The Morgan fingerprint density at radius 3 is 2.56 bits per heavy atom. The molecule has 1 unspecified atom stereocenters. The molecule has 0 amide bonds. The number of hydrogen-bond donors (Lipinski definition) is 1. The van der Waals surface area contributed by atoms with Gasteiger partial charge >= 0.3 is 0 Å². The SMILES string of the molecule is CC(C)CNCCCC(C)N1CCCC(C)(C)C1. The van der Waals surface area contributed by atoms with Crippen molar-refractivity contribution in [3.63, 3.8) is 0 Å². The van der Waals surface area contributed by atoms with Crippen LogP contribution in [0.4, 0.5) is 0 Å². The van der Waals surface area contributed by atoms with Crippen molar-refractivity contribution in [2.24, 2.45) is 11.3 Å². The smallest absolute Gasteiger partial charge is 0.00676 e. The van der Waals surface area contributed by atoms with Crippen molar-refractivity contribution in [3.05, 3.63) is 0 Å². The summed E-state index contributed by atoms with van der Waals surface area (Å²) in [7, 11) is 0. The van der Waals surface area contributed by atoms with Gasteiger partial charge in [0.15, 0.2) is 0 Å². The van der Waals surface area contributed by atoms with E-state index in [2.05, 4.69) is 44.8 Å². The van der Waals surface area contributed by atoms with Crippen LogP contribution in [0.2, 0.25) is 0 Å². The van der Waals surface area contributed by atoms with Gasteiger partial charge in [0.2, 0.25) is 0 Å². The Morgan fingerprint density at radius 2 is 1.94 bits per heavy atom. The van der Waals surface area contributed by atoms with Crippen LogP contribution in [-0.2, 0) is 0 Å². The molecule has 0 aliphatic carbocycles. The van der Waals surface area contributed by atoms with Crippen molar-refractivity contribution >= 4 is 0 Å². The lowest BCUT2D eigenvalue weighted by Gasteiger charge is -2.41. The normalized spacial score (nSPS) is 22.3. The minimum Gasteiger partial charge on any atom is -0.316 e. The lowest BCUT2D eigenvalue weighted by Crippen LogP contribution is -2.44. The van der Waals surface area contributed by atoms with Crippen molar-refractivity contribution in [3.8, 4) is 0 Å². The second kappa shape index (κ2) is 7.49. The Morgan fingerprint density at radius 1 is 1.22 bits per heavy atom. The quantitative estimate of drug-likeness (QED) is 0.699. The molecule has 18 heavy (non-hydrogen) atoms.